The number of sulfonamides is 1. The zero-order valence-electron chi connectivity index (χ0n) is 20.6. The number of benzene rings is 2. The number of nitrogens with zero attached hydrogens (tertiary/aromatic N) is 4. The summed E-state index contributed by atoms with van der Waals surface area (Å²) in [5, 5.41) is 17.6. The van der Waals surface area contributed by atoms with Crippen LogP contribution in [0.4, 0.5) is 10.5 Å². The molecule has 0 aliphatic carbocycles. The number of β-amino-alcohol motifs (C(OH)–C–C–N with tert-alkyl or cyclic N) is 1. The van der Waals surface area contributed by atoms with E-state index in [4.69, 9.17) is 4.74 Å². The molecule has 3 atom stereocenters. The van der Waals surface area contributed by atoms with Gasteiger partial charge < -0.3 is 20.1 Å². The van der Waals surface area contributed by atoms with Crippen LogP contribution in [0.1, 0.15) is 0 Å². The molecule has 0 unspecified atom stereocenters. The van der Waals surface area contributed by atoms with Gasteiger partial charge in [-0.15, -0.1) is 0 Å². The van der Waals surface area contributed by atoms with E-state index in [-0.39, 0.29) is 42.4 Å². The molecule has 1 aromatic heterocycles. The molecule has 3 N–H and O–H groups in total. The molecule has 0 spiro atoms. The number of urea groups is 1. The van der Waals surface area contributed by atoms with Gasteiger partial charge in [0.05, 0.1) is 24.9 Å². The fourth-order valence-corrected chi connectivity index (χ4v) is 5.92. The van der Waals surface area contributed by atoms with Gasteiger partial charge in [0.1, 0.15) is 16.7 Å². The minimum Gasteiger partial charge on any atom is -0.485 e. The monoisotopic (exact) mass is 526 g/mol. The molecule has 1 fully saturated rings. The van der Waals surface area contributed by atoms with Gasteiger partial charge in [0.25, 0.3) is 0 Å². The van der Waals surface area contributed by atoms with Gasteiger partial charge in [-0.25, -0.2) is 17.9 Å². The first-order valence-electron chi connectivity index (χ1n) is 12.0. The standard InChI is InChI=1S/C25H30N6O5S/c1-29-14-20(32)12-27-37(34,35)24-9-8-17(18-11-26-30(2)13-18)10-22(24)36-23-16-31(15-21(23)29)25(33)28-19-6-4-3-5-7-19/h3-11,13,20-21,23,27,32H,12,14-16H2,1-2H3,(H,28,33)/t20-,21+,23-/m0/s1. The van der Waals surface area contributed by atoms with E-state index in [1.54, 1.807) is 35.0 Å². The average molecular weight is 527 g/mol. The largest absolute Gasteiger partial charge is 0.485 e. The highest BCUT2D eigenvalue weighted by Crippen LogP contribution is 2.33. The Bertz CT molecular complexity index is 1380. The minimum atomic E-state index is -3.97. The first-order chi connectivity index (χ1) is 17.7. The molecular formula is C25H30N6O5S. The number of aliphatic hydroxyl groups is 1. The number of likely N-dealkylation sites (N-methyl/N-ethyl adjacent to an activating group) is 1. The van der Waals surface area contributed by atoms with E-state index >= 15 is 0 Å². The van der Waals surface area contributed by atoms with Crippen LogP contribution in [-0.2, 0) is 17.1 Å². The summed E-state index contributed by atoms with van der Waals surface area (Å²) >= 11 is 0. The lowest BCUT2D eigenvalue weighted by Gasteiger charge is -2.30. The van der Waals surface area contributed by atoms with Gasteiger partial charge in [-0.2, -0.15) is 5.10 Å². The van der Waals surface area contributed by atoms with Gasteiger partial charge in [0.15, 0.2) is 0 Å². The third-order valence-corrected chi connectivity index (χ3v) is 8.14. The molecule has 2 aliphatic rings. The maximum atomic E-state index is 13.2. The Hall–Kier alpha value is -3.45. The number of rotatable bonds is 2. The average Bonchev–Trinajstić information content (AvgIpc) is 3.49. The number of para-hydroxylation sites is 1. The van der Waals surface area contributed by atoms with Gasteiger partial charge in [-0.05, 0) is 36.9 Å². The van der Waals surface area contributed by atoms with Gasteiger partial charge in [0, 0.05) is 44.1 Å². The normalized spacial score (nSPS) is 23.9. The molecular weight excluding hydrogens is 496 g/mol. The summed E-state index contributed by atoms with van der Waals surface area (Å²) in [5.41, 5.74) is 2.24. The molecule has 0 bridgehead atoms. The quantitative estimate of drug-likeness (QED) is 0.460. The Morgan fingerprint density at radius 2 is 1.89 bits per heavy atom. The number of hydrogen-bond donors (Lipinski definition) is 3. The topological polar surface area (TPSA) is 129 Å². The van der Waals surface area contributed by atoms with Crippen molar-refractivity contribution in [2.24, 2.45) is 7.05 Å². The summed E-state index contributed by atoms with van der Waals surface area (Å²) < 4.78 is 36.9. The number of nitrogens with one attached hydrogen (secondary N) is 2. The summed E-state index contributed by atoms with van der Waals surface area (Å²) in [6.07, 6.45) is 2.05. The van der Waals surface area contributed by atoms with Crippen molar-refractivity contribution < 1.29 is 23.1 Å². The fraction of sp³-hybridized carbons (Fsp3) is 0.360. The van der Waals surface area contributed by atoms with Gasteiger partial charge >= 0.3 is 6.03 Å². The van der Waals surface area contributed by atoms with Crippen molar-refractivity contribution in [2.45, 2.75) is 23.1 Å². The zero-order chi connectivity index (χ0) is 26.2. The van der Waals surface area contributed by atoms with Crippen LogP contribution in [-0.4, -0.2) is 90.6 Å². The lowest BCUT2D eigenvalue weighted by Crippen LogP contribution is -2.47. The summed E-state index contributed by atoms with van der Waals surface area (Å²) in [6.45, 7) is 0.655. The Labute approximate surface area is 215 Å². The maximum Gasteiger partial charge on any atom is 0.322 e. The molecule has 37 heavy (non-hydrogen) atoms. The van der Waals surface area contributed by atoms with Crippen molar-refractivity contribution in [3.8, 4) is 16.9 Å². The van der Waals surface area contributed by atoms with Crippen LogP contribution in [0, 0.1) is 0 Å². The lowest BCUT2D eigenvalue weighted by molar-refractivity contribution is 0.0713. The molecule has 3 aromatic rings. The third kappa shape index (κ3) is 5.47. The van der Waals surface area contributed by atoms with E-state index in [1.165, 1.54) is 6.07 Å². The van der Waals surface area contributed by atoms with Crippen molar-refractivity contribution in [3.05, 3.63) is 60.9 Å². The molecule has 2 aromatic carbocycles. The molecule has 5 rings (SSSR count). The highest BCUT2D eigenvalue weighted by atomic mass is 32.2. The van der Waals surface area contributed by atoms with Crippen LogP contribution in [0.2, 0.25) is 0 Å². The number of carbonyl (C=O) groups is 1. The number of anilines is 1. The van der Waals surface area contributed by atoms with Crippen molar-refractivity contribution in [1.82, 2.24) is 24.3 Å². The van der Waals surface area contributed by atoms with Crippen LogP contribution >= 0.6 is 0 Å². The number of aliphatic hydroxyl groups excluding tert-OH is 1. The van der Waals surface area contributed by atoms with Gasteiger partial charge in [0.2, 0.25) is 10.0 Å². The van der Waals surface area contributed by atoms with E-state index in [0.29, 0.717) is 12.2 Å². The molecule has 12 heteroatoms. The predicted octanol–water partition coefficient (Wildman–Crippen LogP) is 1.34. The number of likely N-dealkylation sites (tertiary alicyclic amines) is 1. The lowest BCUT2D eigenvalue weighted by atomic mass is 10.1. The Morgan fingerprint density at radius 3 is 2.62 bits per heavy atom. The summed E-state index contributed by atoms with van der Waals surface area (Å²) in [5.74, 6) is 0.180. The van der Waals surface area contributed by atoms with Gasteiger partial charge in [-0.1, -0.05) is 24.3 Å². The van der Waals surface area contributed by atoms with Crippen molar-refractivity contribution in [2.75, 3.05) is 38.5 Å². The van der Waals surface area contributed by atoms with E-state index in [1.807, 2.05) is 48.5 Å². The number of ether oxygens (including phenoxy) is 1. The SMILES string of the molecule is CN1C[C@@H](O)CNS(=O)(=O)c2ccc(-c3cnn(C)c3)cc2O[C@H]2CN(C(=O)Nc3ccccc3)C[C@H]21. The second kappa shape index (κ2) is 10.1. The third-order valence-electron chi connectivity index (χ3n) is 6.67. The highest BCUT2D eigenvalue weighted by Gasteiger charge is 2.41. The molecule has 11 nitrogen and oxygen atoms in total. The smallest absolute Gasteiger partial charge is 0.322 e. The Balaban J connectivity index is 1.49. The van der Waals surface area contributed by atoms with Crippen LogP contribution in [0.5, 0.6) is 5.75 Å². The Morgan fingerprint density at radius 1 is 1.11 bits per heavy atom. The highest BCUT2D eigenvalue weighted by molar-refractivity contribution is 7.89. The number of hydrogen-bond acceptors (Lipinski definition) is 7. The number of fused-ring (bicyclic) bond motifs is 2. The van der Waals surface area contributed by atoms with Crippen LogP contribution in [0.15, 0.2) is 65.8 Å². The fourth-order valence-electron chi connectivity index (χ4n) is 4.74. The molecule has 0 saturated carbocycles. The summed E-state index contributed by atoms with van der Waals surface area (Å²) in [6, 6.07) is 13.5. The number of carbonyl (C=O) groups excluding carboxylic acids is 1. The van der Waals surface area contributed by atoms with Crippen LogP contribution in [0.3, 0.4) is 0 Å². The van der Waals surface area contributed by atoms with E-state index in [0.717, 1.165) is 11.1 Å². The molecule has 1 saturated heterocycles. The Kier molecular flexibility index (Phi) is 6.90. The molecule has 3 heterocycles. The predicted molar refractivity (Wildman–Crippen MR) is 138 cm³/mol. The maximum absolute atomic E-state index is 13.2. The molecule has 196 valence electrons. The van der Waals surface area contributed by atoms with Crippen molar-refractivity contribution in [1.29, 1.82) is 0 Å². The number of amides is 2. The van der Waals surface area contributed by atoms with E-state index in [2.05, 4.69) is 15.1 Å². The summed E-state index contributed by atoms with van der Waals surface area (Å²) in [4.78, 5) is 16.6. The first kappa shape index (κ1) is 25.2. The first-order valence-corrected chi connectivity index (χ1v) is 13.5. The van der Waals surface area contributed by atoms with E-state index in [9.17, 15) is 18.3 Å². The zero-order valence-corrected chi connectivity index (χ0v) is 21.4. The van der Waals surface area contributed by atoms with Crippen LogP contribution < -0.4 is 14.8 Å². The second-order valence-corrected chi connectivity index (χ2v) is 11.2. The number of aryl methyl sites for hydroxylation is 1. The minimum absolute atomic E-state index is 0.0252. The van der Waals surface area contributed by atoms with Gasteiger partial charge in [-0.3, -0.25) is 9.58 Å². The summed E-state index contributed by atoms with van der Waals surface area (Å²) in [7, 11) is -0.329. The van der Waals surface area contributed by atoms with Crippen molar-refractivity contribution >= 4 is 21.7 Å². The molecule has 2 amide bonds. The molecule has 0 radical (unpaired) electrons. The molecule has 2 aliphatic heterocycles. The van der Waals surface area contributed by atoms with E-state index < -0.39 is 22.2 Å². The van der Waals surface area contributed by atoms with Crippen LogP contribution in [0.25, 0.3) is 11.1 Å². The van der Waals surface area contributed by atoms with Crippen molar-refractivity contribution in [3.63, 3.8) is 0 Å². The second-order valence-electron chi connectivity index (χ2n) is 9.43. The number of aromatic nitrogens is 2.